The number of nitro benzene ring substituents is 1. The van der Waals surface area contributed by atoms with Gasteiger partial charge >= 0.3 is 0 Å². The van der Waals surface area contributed by atoms with E-state index in [9.17, 15) is 18.5 Å². The van der Waals surface area contributed by atoms with Crippen molar-refractivity contribution < 1.29 is 13.3 Å². The van der Waals surface area contributed by atoms with Gasteiger partial charge in [0.2, 0.25) is 10.0 Å². The van der Waals surface area contributed by atoms with Crippen LogP contribution in [0.15, 0.2) is 17.0 Å². The summed E-state index contributed by atoms with van der Waals surface area (Å²) in [6.07, 6.45) is 0. The van der Waals surface area contributed by atoms with Crippen LogP contribution in [0, 0.1) is 24.0 Å². The SMILES string of the molecule is Cc1cc([N+](=O)[O-])cc(C)c1S(N)(=O)=O. The van der Waals surface area contributed by atoms with Crippen LogP contribution in [-0.2, 0) is 10.0 Å². The van der Waals surface area contributed by atoms with Crippen LogP contribution >= 0.6 is 0 Å². The van der Waals surface area contributed by atoms with E-state index in [0.29, 0.717) is 0 Å². The van der Waals surface area contributed by atoms with Gasteiger partial charge in [-0.15, -0.1) is 0 Å². The summed E-state index contributed by atoms with van der Waals surface area (Å²) in [5.41, 5.74) is 0.422. The molecule has 0 aliphatic rings. The lowest BCUT2D eigenvalue weighted by molar-refractivity contribution is -0.385. The van der Waals surface area contributed by atoms with Gasteiger partial charge in [0.05, 0.1) is 9.82 Å². The van der Waals surface area contributed by atoms with E-state index in [1.165, 1.54) is 26.0 Å². The predicted molar refractivity (Wildman–Crippen MR) is 53.9 cm³/mol. The van der Waals surface area contributed by atoms with E-state index in [1.807, 2.05) is 0 Å². The minimum absolute atomic E-state index is 0.0481. The Labute approximate surface area is 86.9 Å². The molecular weight excluding hydrogens is 220 g/mol. The first-order valence-electron chi connectivity index (χ1n) is 4.02. The summed E-state index contributed by atoms with van der Waals surface area (Å²) in [7, 11) is -3.83. The van der Waals surface area contributed by atoms with Crippen LogP contribution in [0.3, 0.4) is 0 Å². The van der Waals surface area contributed by atoms with Crippen LogP contribution in [0.5, 0.6) is 0 Å². The molecule has 0 fully saturated rings. The predicted octanol–water partition coefficient (Wildman–Crippen LogP) is 0.859. The average Bonchev–Trinajstić information content (AvgIpc) is 1.99. The highest BCUT2D eigenvalue weighted by Gasteiger charge is 2.18. The molecule has 0 atom stereocenters. The number of nitrogens with two attached hydrogens (primary N) is 1. The number of hydrogen-bond donors (Lipinski definition) is 1. The molecule has 1 aromatic carbocycles. The van der Waals surface area contributed by atoms with E-state index in [4.69, 9.17) is 5.14 Å². The number of nitrogens with zero attached hydrogens (tertiary/aromatic N) is 1. The third kappa shape index (κ3) is 2.31. The molecule has 0 aliphatic carbocycles. The van der Waals surface area contributed by atoms with Gasteiger partial charge < -0.3 is 0 Å². The van der Waals surface area contributed by atoms with Crippen LogP contribution < -0.4 is 5.14 Å². The molecular formula is C8H10N2O4S. The highest BCUT2D eigenvalue weighted by molar-refractivity contribution is 7.89. The van der Waals surface area contributed by atoms with E-state index in [-0.39, 0.29) is 21.7 Å². The summed E-state index contributed by atoms with van der Waals surface area (Å²) in [6.45, 7) is 2.94. The first-order chi connectivity index (χ1) is 6.73. The number of hydrogen-bond acceptors (Lipinski definition) is 4. The molecule has 0 saturated heterocycles. The summed E-state index contributed by atoms with van der Waals surface area (Å²) in [6, 6.07) is 2.37. The normalized spacial score (nSPS) is 11.4. The highest BCUT2D eigenvalue weighted by Crippen LogP contribution is 2.24. The largest absolute Gasteiger partial charge is 0.270 e. The molecule has 82 valence electrons. The lowest BCUT2D eigenvalue weighted by atomic mass is 10.1. The maximum Gasteiger partial charge on any atom is 0.270 e. The molecule has 0 saturated carbocycles. The molecule has 0 aromatic heterocycles. The van der Waals surface area contributed by atoms with Gasteiger partial charge in [-0.3, -0.25) is 10.1 Å². The molecule has 15 heavy (non-hydrogen) atoms. The Morgan fingerprint density at radius 3 is 1.93 bits per heavy atom. The van der Waals surface area contributed by atoms with E-state index in [1.54, 1.807) is 0 Å². The second kappa shape index (κ2) is 3.59. The van der Waals surface area contributed by atoms with Crippen molar-refractivity contribution in [1.29, 1.82) is 0 Å². The van der Waals surface area contributed by atoms with Crippen molar-refractivity contribution in [3.05, 3.63) is 33.4 Å². The number of sulfonamides is 1. The average molecular weight is 230 g/mol. The van der Waals surface area contributed by atoms with Crippen molar-refractivity contribution >= 4 is 15.7 Å². The van der Waals surface area contributed by atoms with Gasteiger partial charge in [0, 0.05) is 12.1 Å². The van der Waals surface area contributed by atoms with Crippen LogP contribution in [0.4, 0.5) is 5.69 Å². The van der Waals surface area contributed by atoms with Gasteiger partial charge in [0.25, 0.3) is 5.69 Å². The standard InChI is InChI=1S/C8H10N2O4S/c1-5-3-7(10(11)12)4-6(2)8(5)15(9,13)14/h3-4H,1-2H3,(H2,9,13,14). The van der Waals surface area contributed by atoms with E-state index >= 15 is 0 Å². The van der Waals surface area contributed by atoms with Crippen LogP contribution in [0.25, 0.3) is 0 Å². The number of primary sulfonamides is 1. The summed E-state index contributed by atoms with van der Waals surface area (Å²) >= 11 is 0. The zero-order valence-electron chi connectivity index (χ0n) is 8.22. The van der Waals surface area contributed by atoms with Crippen LogP contribution in [0.1, 0.15) is 11.1 Å². The first kappa shape index (κ1) is 11.6. The third-order valence-corrected chi connectivity index (χ3v) is 3.15. The minimum atomic E-state index is -3.83. The van der Waals surface area contributed by atoms with Crippen molar-refractivity contribution in [1.82, 2.24) is 0 Å². The lowest BCUT2D eigenvalue weighted by Crippen LogP contribution is -2.15. The van der Waals surface area contributed by atoms with E-state index < -0.39 is 14.9 Å². The molecule has 0 unspecified atom stereocenters. The highest BCUT2D eigenvalue weighted by atomic mass is 32.2. The number of non-ortho nitro benzene ring substituents is 1. The fourth-order valence-corrected chi connectivity index (χ4v) is 2.50. The summed E-state index contributed by atoms with van der Waals surface area (Å²) in [4.78, 5) is 9.87. The molecule has 0 bridgehead atoms. The zero-order valence-corrected chi connectivity index (χ0v) is 9.04. The van der Waals surface area contributed by atoms with Crippen molar-refractivity contribution in [2.75, 3.05) is 0 Å². The molecule has 0 spiro atoms. The minimum Gasteiger partial charge on any atom is -0.258 e. The summed E-state index contributed by atoms with van der Waals surface area (Å²) in [5, 5.41) is 15.5. The molecule has 1 aromatic rings. The Hall–Kier alpha value is -1.47. The van der Waals surface area contributed by atoms with Gasteiger partial charge in [-0.05, 0) is 25.0 Å². The second-order valence-electron chi connectivity index (χ2n) is 3.21. The molecule has 2 N–H and O–H groups in total. The van der Waals surface area contributed by atoms with Crippen molar-refractivity contribution in [3.63, 3.8) is 0 Å². The van der Waals surface area contributed by atoms with E-state index in [0.717, 1.165) is 0 Å². The molecule has 6 nitrogen and oxygen atoms in total. The number of aryl methyl sites for hydroxylation is 2. The Balaban J connectivity index is 3.55. The Morgan fingerprint density at radius 1 is 1.27 bits per heavy atom. The fourth-order valence-electron chi connectivity index (χ4n) is 1.48. The number of rotatable bonds is 2. The quantitative estimate of drug-likeness (QED) is 0.601. The summed E-state index contributed by atoms with van der Waals surface area (Å²) < 4.78 is 22.3. The number of nitro groups is 1. The Kier molecular flexibility index (Phi) is 2.78. The zero-order chi connectivity index (χ0) is 11.8. The fraction of sp³-hybridized carbons (Fsp3) is 0.250. The topological polar surface area (TPSA) is 103 Å². The van der Waals surface area contributed by atoms with Gasteiger partial charge in [-0.2, -0.15) is 0 Å². The lowest BCUT2D eigenvalue weighted by Gasteiger charge is -2.06. The van der Waals surface area contributed by atoms with E-state index in [2.05, 4.69) is 0 Å². The molecule has 1 rings (SSSR count). The third-order valence-electron chi connectivity index (χ3n) is 1.94. The van der Waals surface area contributed by atoms with Gasteiger partial charge in [-0.25, -0.2) is 13.6 Å². The van der Waals surface area contributed by atoms with Gasteiger partial charge in [0.1, 0.15) is 0 Å². The summed E-state index contributed by atoms with van der Waals surface area (Å²) in [5.74, 6) is 0. The maximum absolute atomic E-state index is 11.2. The Bertz CT molecular complexity index is 498. The molecule has 0 amide bonds. The van der Waals surface area contributed by atoms with Crippen LogP contribution in [0.2, 0.25) is 0 Å². The Morgan fingerprint density at radius 2 is 1.67 bits per heavy atom. The van der Waals surface area contributed by atoms with Crippen molar-refractivity contribution in [3.8, 4) is 0 Å². The number of benzene rings is 1. The maximum atomic E-state index is 11.2. The molecule has 7 heteroatoms. The molecule has 0 heterocycles. The smallest absolute Gasteiger partial charge is 0.258 e. The van der Waals surface area contributed by atoms with Crippen molar-refractivity contribution in [2.45, 2.75) is 18.7 Å². The first-order valence-corrected chi connectivity index (χ1v) is 5.56. The van der Waals surface area contributed by atoms with Crippen LogP contribution in [-0.4, -0.2) is 13.3 Å². The monoisotopic (exact) mass is 230 g/mol. The second-order valence-corrected chi connectivity index (χ2v) is 4.71. The van der Waals surface area contributed by atoms with Gasteiger partial charge in [0.15, 0.2) is 0 Å². The molecule has 0 radical (unpaired) electrons. The molecule has 0 aliphatic heterocycles. The van der Waals surface area contributed by atoms with Crippen molar-refractivity contribution in [2.24, 2.45) is 5.14 Å². The van der Waals surface area contributed by atoms with Gasteiger partial charge in [-0.1, -0.05) is 0 Å².